The van der Waals surface area contributed by atoms with Crippen molar-refractivity contribution in [1.29, 1.82) is 0 Å². The fourth-order valence-electron chi connectivity index (χ4n) is 1.88. The smallest absolute Gasteiger partial charge is 0.260 e. The molecule has 4 heteroatoms. The van der Waals surface area contributed by atoms with Gasteiger partial charge in [-0.2, -0.15) is 0 Å². The summed E-state index contributed by atoms with van der Waals surface area (Å²) in [6.45, 7) is 2.31. The van der Waals surface area contributed by atoms with Crippen molar-refractivity contribution in [2.45, 2.75) is 19.4 Å². The lowest BCUT2D eigenvalue weighted by Gasteiger charge is -2.14. The summed E-state index contributed by atoms with van der Waals surface area (Å²) in [4.78, 5) is 11.9. The monoisotopic (exact) mass is 303 g/mol. The standard InChI is InChI=1S/C17H18ClNO2/c1-13(21-16-5-3-2-4-6-16)17(20)19-12-11-14-7-9-15(18)10-8-14/h2-10,13H,11-12H2,1H3,(H,19,20)/t13-/m1/s1. The zero-order valence-corrected chi connectivity index (χ0v) is 12.6. The topological polar surface area (TPSA) is 38.3 Å². The molecule has 0 heterocycles. The van der Waals surface area contributed by atoms with Crippen LogP contribution in [-0.2, 0) is 11.2 Å². The third-order valence-corrected chi connectivity index (χ3v) is 3.30. The number of amides is 1. The Morgan fingerprint density at radius 1 is 1.14 bits per heavy atom. The van der Waals surface area contributed by atoms with Gasteiger partial charge in [-0.15, -0.1) is 0 Å². The molecule has 0 aliphatic heterocycles. The van der Waals surface area contributed by atoms with E-state index in [9.17, 15) is 4.79 Å². The Morgan fingerprint density at radius 2 is 1.81 bits per heavy atom. The van der Waals surface area contributed by atoms with E-state index in [0.717, 1.165) is 12.0 Å². The average molecular weight is 304 g/mol. The van der Waals surface area contributed by atoms with E-state index >= 15 is 0 Å². The molecule has 1 atom stereocenters. The largest absolute Gasteiger partial charge is 0.481 e. The van der Waals surface area contributed by atoms with Crippen molar-refractivity contribution in [3.63, 3.8) is 0 Å². The first-order chi connectivity index (χ1) is 10.1. The van der Waals surface area contributed by atoms with E-state index in [0.29, 0.717) is 17.3 Å². The molecule has 0 unspecified atom stereocenters. The third kappa shape index (κ3) is 5.12. The Hall–Kier alpha value is -2.00. The second kappa shape index (κ2) is 7.70. The number of nitrogens with one attached hydrogen (secondary N) is 1. The molecule has 3 nitrogen and oxygen atoms in total. The second-order valence-electron chi connectivity index (χ2n) is 4.74. The number of benzene rings is 2. The van der Waals surface area contributed by atoms with Crippen LogP contribution in [0.25, 0.3) is 0 Å². The molecule has 0 spiro atoms. The molecule has 1 N–H and O–H groups in total. The number of para-hydroxylation sites is 1. The van der Waals surface area contributed by atoms with Crippen LogP contribution in [0, 0.1) is 0 Å². The average Bonchev–Trinajstić information content (AvgIpc) is 2.50. The molecule has 0 aromatic heterocycles. The quantitative estimate of drug-likeness (QED) is 0.887. The molecule has 0 aliphatic rings. The van der Waals surface area contributed by atoms with E-state index in [1.165, 1.54) is 0 Å². The van der Waals surface area contributed by atoms with Crippen LogP contribution in [0.3, 0.4) is 0 Å². The lowest BCUT2D eigenvalue weighted by Crippen LogP contribution is -2.37. The van der Waals surface area contributed by atoms with Gasteiger partial charge in [0.1, 0.15) is 5.75 Å². The summed E-state index contributed by atoms with van der Waals surface area (Å²) in [6, 6.07) is 16.9. The predicted octanol–water partition coefficient (Wildman–Crippen LogP) is 3.47. The number of carbonyl (C=O) groups is 1. The second-order valence-corrected chi connectivity index (χ2v) is 5.18. The molecule has 2 aromatic rings. The van der Waals surface area contributed by atoms with Crippen LogP contribution in [0.4, 0.5) is 0 Å². The molecule has 0 bridgehead atoms. The van der Waals surface area contributed by atoms with Gasteiger partial charge in [-0.05, 0) is 43.2 Å². The van der Waals surface area contributed by atoms with Gasteiger partial charge < -0.3 is 10.1 Å². The highest BCUT2D eigenvalue weighted by atomic mass is 35.5. The van der Waals surface area contributed by atoms with Crippen molar-refractivity contribution in [2.24, 2.45) is 0 Å². The van der Waals surface area contributed by atoms with Crippen molar-refractivity contribution >= 4 is 17.5 Å². The molecule has 0 aliphatic carbocycles. The summed E-state index contributed by atoms with van der Waals surface area (Å²) in [5.74, 6) is 0.575. The maximum absolute atomic E-state index is 11.9. The zero-order valence-electron chi connectivity index (χ0n) is 11.9. The lowest BCUT2D eigenvalue weighted by atomic mass is 10.1. The van der Waals surface area contributed by atoms with Gasteiger partial charge in [-0.3, -0.25) is 4.79 Å². The maximum atomic E-state index is 11.9. The minimum absolute atomic E-state index is 0.118. The van der Waals surface area contributed by atoms with Crippen molar-refractivity contribution in [3.05, 3.63) is 65.2 Å². The van der Waals surface area contributed by atoms with Gasteiger partial charge in [0.25, 0.3) is 5.91 Å². The van der Waals surface area contributed by atoms with Crippen LogP contribution in [0.15, 0.2) is 54.6 Å². The number of halogens is 1. The molecule has 1 amide bonds. The van der Waals surface area contributed by atoms with E-state index in [1.807, 2.05) is 54.6 Å². The molecule has 0 saturated heterocycles. The number of rotatable bonds is 6. The van der Waals surface area contributed by atoms with Gasteiger partial charge in [0.2, 0.25) is 0 Å². The Labute approximate surface area is 129 Å². The fourth-order valence-corrected chi connectivity index (χ4v) is 2.01. The van der Waals surface area contributed by atoms with Gasteiger partial charge in [0.05, 0.1) is 0 Å². The van der Waals surface area contributed by atoms with Crippen molar-refractivity contribution < 1.29 is 9.53 Å². The molecule has 0 radical (unpaired) electrons. The molecule has 0 fully saturated rings. The summed E-state index contributed by atoms with van der Waals surface area (Å²) in [6.07, 6.45) is 0.249. The highest BCUT2D eigenvalue weighted by Gasteiger charge is 2.13. The number of ether oxygens (including phenoxy) is 1. The predicted molar refractivity (Wildman–Crippen MR) is 84.7 cm³/mol. The summed E-state index contributed by atoms with van der Waals surface area (Å²) < 4.78 is 5.57. The van der Waals surface area contributed by atoms with Gasteiger partial charge >= 0.3 is 0 Å². The molecular formula is C17H18ClNO2. The summed E-state index contributed by atoms with van der Waals surface area (Å²) >= 11 is 5.83. The molecule has 2 aromatic carbocycles. The van der Waals surface area contributed by atoms with Crippen molar-refractivity contribution in [3.8, 4) is 5.75 Å². The van der Waals surface area contributed by atoms with Crippen molar-refractivity contribution in [2.75, 3.05) is 6.54 Å². The summed E-state index contributed by atoms with van der Waals surface area (Å²) in [5.41, 5.74) is 1.14. The van der Waals surface area contributed by atoms with Gasteiger partial charge in [-0.1, -0.05) is 41.9 Å². The molecule has 21 heavy (non-hydrogen) atoms. The number of hydrogen-bond donors (Lipinski definition) is 1. The lowest BCUT2D eigenvalue weighted by molar-refractivity contribution is -0.127. The van der Waals surface area contributed by atoms with E-state index in [1.54, 1.807) is 6.92 Å². The van der Waals surface area contributed by atoms with Gasteiger partial charge in [0, 0.05) is 11.6 Å². The Kier molecular flexibility index (Phi) is 5.64. The first-order valence-corrected chi connectivity index (χ1v) is 7.27. The molecule has 2 rings (SSSR count). The SMILES string of the molecule is C[C@@H](Oc1ccccc1)C(=O)NCCc1ccc(Cl)cc1. The van der Waals surface area contributed by atoms with Crippen LogP contribution >= 0.6 is 11.6 Å². The van der Waals surface area contributed by atoms with E-state index in [4.69, 9.17) is 16.3 Å². The van der Waals surface area contributed by atoms with Crippen molar-refractivity contribution in [1.82, 2.24) is 5.32 Å². The van der Waals surface area contributed by atoms with E-state index < -0.39 is 6.10 Å². The first-order valence-electron chi connectivity index (χ1n) is 6.89. The molecule has 0 saturated carbocycles. The minimum Gasteiger partial charge on any atom is -0.481 e. The van der Waals surface area contributed by atoms with Crippen LogP contribution in [0.1, 0.15) is 12.5 Å². The fraction of sp³-hybridized carbons (Fsp3) is 0.235. The normalized spacial score (nSPS) is 11.7. The Morgan fingerprint density at radius 3 is 2.48 bits per heavy atom. The highest BCUT2D eigenvalue weighted by Crippen LogP contribution is 2.11. The Balaban J connectivity index is 1.75. The summed E-state index contributed by atoms with van der Waals surface area (Å²) in [7, 11) is 0. The molecule has 110 valence electrons. The number of carbonyl (C=O) groups excluding carboxylic acids is 1. The first kappa shape index (κ1) is 15.4. The third-order valence-electron chi connectivity index (χ3n) is 3.05. The molecular weight excluding hydrogens is 286 g/mol. The van der Waals surface area contributed by atoms with Crippen LogP contribution in [-0.4, -0.2) is 18.6 Å². The highest BCUT2D eigenvalue weighted by molar-refractivity contribution is 6.30. The van der Waals surface area contributed by atoms with Crippen LogP contribution in [0.2, 0.25) is 5.02 Å². The zero-order chi connectivity index (χ0) is 15.1. The van der Waals surface area contributed by atoms with E-state index in [-0.39, 0.29) is 5.91 Å². The number of hydrogen-bond acceptors (Lipinski definition) is 2. The van der Waals surface area contributed by atoms with E-state index in [2.05, 4.69) is 5.32 Å². The maximum Gasteiger partial charge on any atom is 0.260 e. The summed E-state index contributed by atoms with van der Waals surface area (Å²) in [5, 5.41) is 3.58. The van der Waals surface area contributed by atoms with Crippen LogP contribution < -0.4 is 10.1 Å². The van der Waals surface area contributed by atoms with Gasteiger partial charge in [-0.25, -0.2) is 0 Å². The van der Waals surface area contributed by atoms with Crippen LogP contribution in [0.5, 0.6) is 5.75 Å². The van der Waals surface area contributed by atoms with Gasteiger partial charge in [0.15, 0.2) is 6.10 Å². The minimum atomic E-state index is -0.516. The Bertz CT molecular complexity index is 569.